The van der Waals surface area contributed by atoms with E-state index in [1.54, 1.807) is 6.92 Å². The number of carbonyl (C=O) groups is 1. The summed E-state index contributed by atoms with van der Waals surface area (Å²) in [5, 5.41) is 0. The summed E-state index contributed by atoms with van der Waals surface area (Å²) in [7, 11) is 1.83. The Bertz CT molecular complexity index is 603. The zero-order chi connectivity index (χ0) is 15.4. The third-order valence-corrected chi connectivity index (χ3v) is 3.00. The highest BCUT2D eigenvalue weighted by atomic mass is 19.2. The number of hydrogen-bond acceptors (Lipinski definition) is 4. The number of nitrogens with one attached hydrogen (secondary N) is 1. The van der Waals surface area contributed by atoms with Crippen LogP contribution in [0.25, 0.3) is 11.0 Å². The molecule has 1 aromatic carbocycles. The topological polar surface area (TPSA) is 58.2 Å². The van der Waals surface area contributed by atoms with E-state index in [9.17, 15) is 13.6 Å². The van der Waals surface area contributed by atoms with Crippen molar-refractivity contribution >= 4 is 17.0 Å². The molecule has 0 aliphatic rings. The van der Waals surface area contributed by atoms with Crippen LogP contribution in [0.4, 0.5) is 8.78 Å². The van der Waals surface area contributed by atoms with Crippen LogP contribution < -0.4 is 0 Å². The highest BCUT2D eigenvalue weighted by Crippen LogP contribution is 2.16. The summed E-state index contributed by atoms with van der Waals surface area (Å²) < 4.78 is 31.1. The summed E-state index contributed by atoms with van der Waals surface area (Å²) in [5.74, 6) is -1.50. The van der Waals surface area contributed by atoms with Gasteiger partial charge in [-0.1, -0.05) is 0 Å². The SMILES string of the molecule is CCOC(=O)CCN(C)Cc1nc2cc(F)c(F)cc2[nH]1. The summed E-state index contributed by atoms with van der Waals surface area (Å²) in [4.78, 5) is 20.3. The molecule has 0 bridgehead atoms. The molecule has 21 heavy (non-hydrogen) atoms. The lowest BCUT2D eigenvalue weighted by Crippen LogP contribution is -2.22. The smallest absolute Gasteiger partial charge is 0.307 e. The summed E-state index contributed by atoms with van der Waals surface area (Å²) in [5.41, 5.74) is 0.824. The number of halogens is 2. The number of benzene rings is 1. The number of imidazole rings is 1. The summed E-state index contributed by atoms with van der Waals surface area (Å²) in [6.07, 6.45) is 0.286. The zero-order valence-electron chi connectivity index (χ0n) is 11.9. The number of nitrogens with zero attached hydrogens (tertiary/aromatic N) is 2. The van der Waals surface area contributed by atoms with Crippen LogP contribution in [0.15, 0.2) is 12.1 Å². The van der Waals surface area contributed by atoms with Gasteiger partial charge in [0.15, 0.2) is 11.6 Å². The Labute approximate surface area is 120 Å². The molecule has 0 amide bonds. The van der Waals surface area contributed by atoms with E-state index in [0.29, 0.717) is 36.6 Å². The van der Waals surface area contributed by atoms with E-state index in [4.69, 9.17) is 4.74 Å². The van der Waals surface area contributed by atoms with E-state index in [1.165, 1.54) is 0 Å². The Hall–Kier alpha value is -2.02. The van der Waals surface area contributed by atoms with Crippen molar-refractivity contribution in [2.45, 2.75) is 19.9 Å². The molecule has 1 N–H and O–H groups in total. The fourth-order valence-corrected chi connectivity index (χ4v) is 1.98. The fraction of sp³-hybridized carbons (Fsp3) is 0.429. The predicted molar refractivity (Wildman–Crippen MR) is 73.6 cm³/mol. The van der Waals surface area contributed by atoms with Crippen molar-refractivity contribution in [1.29, 1.82) is 0 Å². The van der Waals surface area contributed by atoms with Crippen molar-refractivity contribution in [2.24, 2.45) is 0 Å². The van der Waals surface area contributed by atoms with Gasteiger partial charge in [-0.3, -0.25) is 9.69 Å². The molecule has 0 saturated heterocycles. The second-order valence-corrected chi connectivity index (χ2v) is 4.76. The van der Waals surface area contributed by atoms with Gasteiger partial charge in [0.05, 0.1) is 30.6 Å². The number of esters is 1. The lowest BCUT2D eigenvalue weighted by molar-refractivity contribution is -0.143. The molecule has 0 spiro atoms. The minimum Gasteiger partial charge on any atom is -0.466 e. The Kier molecular flexibility index (Phi) is 4.85. The first-order valence-corrected chi connectivity index (χ1v) is 6.67. The zero-order valence-corrected chi connectivity index (χ0v) is 11.9. The second kappa shape index (κ2) is 6.62. The molecular formula is C14H17F2N3O2. The number of carbonyl (C=O) groups excluding carboxylic acids is 1. The normalized spacial score (nSPS) is 11.3. The molecule has 7 heteroatoms. The number of H-pyrrole nitrogens is 1. The predicted octanol–water partition coefficient (Wildman–Crippen LogP) is 2.23. The summed E-state index contributed by atoms with van der Waals surface area (Å²) in [6, 6.07) is 2.14. The van der Waals surface area contributed by atoms with Gasteiger partial charge in [-0.15, -0.1) is 0 Å². The van der Waals surface area contributed by atoms with Crippen molar-refractivity contribution in [2.75, 3.05) is 20.2 Å². The molecule has 0 fully saturated rings. The van der Waals surface area contributed by atoms with Gasteiger partial charge in [0.1, 0.15) is 5.82 Å². The van der Waals surface area contributed by atoms with E-state index in [2.05, 4.69) is 9.97 Å². The third-order valence-electron chi connectivity index (χ3n) is 3.00. The van der Waals surface area contributed by atoms with E-state index in [1.807, 2.05) is 11.9 Å². The van der Waals surface area contributed by atoms with Gasteiger partial charge in [0.25, 0.3) is 0 Å². The van der Waals surface area contributed by atoms with Crippen LogP contribution in [0.3, 0.4) is 0 Å². The molecule has 0 saturated carbocycles. The van der Waals surface area contributed by atoms with E-state index in [0.717, 1.165) is 12.1 Å². The van der Waals surface area contributed by atoms with Crippen molar-refractivity contribution in [3.05, 3.63) is 29.6 Å². The number of fused-ring (bicyclic) bond motifs is 1. The van der Waals surface area contributed by atoms with Crippen LogP contribution in [0, 0.1) is 11.6 Å². The molecule has 114 valence electrons. The number of aromatic amines is 1. The van der Waals surface area contributed by atoms with Crippen LogP contribution in [-0.4, -0.2) is 41.0 Å². The van der Waals surface area contributed by atoms with E-state index < -0.39 is 11.6 Å². The number of hydrogen-bond donors (Lipinski definition) is 1. The first kappa shape index (κ1) is 15.4. The molecular weight excluding hydrogens is 280 g/mol. The molecule has 1 aromatic heterocycles. The molecule has 2 rings (SSSR count). The van der Waals surface area contributed by atoms with Crippen LogP contribution in [0.5, 0.6) is 0 Å². The van der Waals surface area contributed by atoms with Gasteiger partial charge < -0.3 is 9.72 Å². The lowest BCUT2D eigenvalue weighted by atomic mass is 10.3. The number of aromatic nitrogens is 2. The van der Waals surface area contributed by atoms with Gasteiger partial charge in [-0.2, -0.15) is 0 Å². The lowest BCUT2D eigenvalue weighted by Gasteiger charge is -2.14. The minimum absolute atomic E-state index is 0.252. The van der Waals surface area contributed by atoms with Crippen molar-refractivity contribution in [1.82, 2.24) is 14.9 Å². The molecule has 0 unspecified atom stereocenters. The first-order valence-electron chi connectivity index (χ1n) is 6.67. The van der Waals surface area contributed by atoms with Crippen LogP contribution in [0.1, 0.15) is 19.2 Å². The van der Waals surface area contributed by atoms with Gasteiger partial charge >= 0.3 is 5.97 Å². The van der Waals surface area contributed by atoms with Gasteiger partial charge in [0, 0.05) is 18.7 Å². The Morgan fingerprint density at radius 3 is 2.81 bits per heavy atom. The van der Waals surface area contributed by atoms with Crippen LogP contribution in [-0.2, 0) is 16.1 Å². The maximum atomic E-state index is 13.1. The Morgan fingerprint density at radius 2 is 2.10 bits per heavy atom. The van der Waals surface area contributed by atoms with Crippen molar-refractivity contribution < 1.29 is 18.3 Å². The van der Waals surface area contributed by atoms with Gasteiger partial charge in [0.2, 0.25) is 0 Å². The highest BCUT2D eigenvalue weighted by molar-refractivity contribution is 5.75. The highest BCUT2D eigenvalue weighted by Gasteiger charge is 2.11. The molecule has 0 radical (unpaired) electrons. The Morgan fingerprint density at radius 1 is 1.38 bits per heavy atom. The summed E-state index contributed by atoms with van der Waals surface area (Å²) >= 11 is 0. The fourth-order valence-electron chi connectivity index (χ4n) is 1.98. The molecule has 2 aromatic rings. The van der Waals surface area contributed by atoms with Crippen molar-refractivity contribution in [3.8, 4) is 0 Å². The minimum atomic E-state index is -0.920. The molecule has 1 heterocycles. The standard InChI is InChI=1S/C14H17F2N3O2/c1-3-21-14(20)4-5-19(2)8-13-17-11-6-9(15)10(16)7-12(11)18-13/h6-7H,3-5,8H2,1-2H3,(H,17,18). The van der Waals surface area contributed by atoms with Crippen molar-refractivity contribution in [3.63, 3.8) is 0 Å². The monoisotopic (exact) mass is 297 g/mol. The quantitative estimate of drug-likeness (QED) is 0.831. The van der Waals surface area contributed by atoms with Crippen LogP contribution in [0.2, 0.25) is 0 Å². The third kappa shape index (κ3) is 3.98. The molecule has 0 aliphatic carbocycles. The van der Waals surface area contributed by atoms with E-state index in [-0.39, 0.29) is 12.4 Å². The van der Waals surface area contributed by atoms with Gasteiger partial charge in [-0.05, 0) is 14.0 Å². The summed E-state index contributed by atoms with van der Waals surface area (Å²) in [6.45, 7) is 3.08. The maximum absolute atomic E-state index is 13.1. The largest absolute Gasteiger partial charge is 0.466 e. The average Bonchev–Trinajstić information content (AvgIpc) is 2.78. The average molecular weight is 297 g/mol. The number of ether oxygens (including phenoxy) is 1. The number of rotatable bonds is 6. The second-order valence-electron chi connectivity index (χ2n) is 4.76. The van der Waals surface area contributed by atoms with E-state index >= 15 is 0 Å². The Balaban J connectivity index is 1.98. The maximum Gasteiger partial charge on any atom is 0.307 e. The molecule has 0 atom stereocenters. The van der Waals surface area contributed by atoms with Crippen LogP contribution >= 0.6 is 0 Å². The first-order chi connectivity index (χ1) is 9.99. The van der Waals surface area contributed by atoms with Gasteiger partial charge in [-0.25, -0.2) is 13.8 Å². The molecule has 0 aliphatic heterocycles. The molecule has 5 nitrogen and oxygen atoms in total.